The van der Waals surface area contributed by atoms with E-state index < -0.39 is 0 Å². The maximum atomic E-state index is 9.71. The van der Waals surface area contributed by atoms with E-state index in [1.807, 2.05) is 6.07 Å². The van der Waals surface area contributed by atoms with Gasteiger partial charge in [0.25, 0.3) is 0 Å². The highest BCUT2D eigenvalue weighted by Gasteiger charge is 2.12. The van der Waals surface area contributed by atoms with Crippen molar-refractivity contribution in [3.63, 3.8) is 0 Å². The van der Waals surface area contributed by atoms with Crippen LogP contribution in [0.4, 0.5) is 0 Å². The Morgan fingerprint density at radius 3 is 2.75 bits per heavy atom. The lowest BCUT2D eigenvalue weighted by atomic mass is 10.2. The largest absolute Gasteiger partial charge is 0.508 e. The molecule has 0 atom stereocenters. The average Bonchev–Trinajstić information content (AvgIpc) is 2.44. The lowest BCUT2D eigenvalue weighted by molar-refractivity contribution is 0.152. The molecule has 1 saturated heterocycles. The lowest BCUT2D eigenvalue weighted by Crippen LogP contribution is -2.45. The number of aromatic hydroxyl groups is 1. The summed E-state index contributed by atoms with van der Waals surface area (Å²) in [4.78, 5) is 4.88. The van der Waals surface area contributed by atoms with Crippen LogP contribution < -0.4 is 5.32 Å². The van der Waals surface area contributed by atoms with Gasteiger partial charge in [0.2, 0.25) is 0 Å². The summed E-state index contributed by atoms with van der Waals surface area (Å²) in [6.07, 6.45) is 1.13. The first-order valence-electron chi connectivity index (χ1n) is 7.24. The van der Waals surface area contributed by atoms with Crippen molar-refractivity contribution in [3.05, 3.63) is 28.8 Å². The first kappa shape index (κ1) is 15.6. The first-order chi connectivity index (χ1) is 9.65. The Hall–Kier alpha value is -0.810. The van der Waals surface area contributed by atoms with Crippen molar-refractivity contribution in [1.82, 2.24) is 15.1 Å². The molecule has 1 heterocycles. The Kier molecular flexibility index (Phi) is 6.10. The van der Waals surface area contributed by atoms with E-state index in [0.29, 0.717) is 17.3 Å². The van der Waals surface area contributed by atoms with Gasteiger partial charge in [-0.3, -0.25) is 0 Å². The highest BCUT2D eigenvalue weighted by atomic mass is 35.5. The summed E-state index contributed by atoms with van der Waals surface area (Å²) in [6, 6.07) is 5.15. The summed E-state index contributed by atoms with van der Waals surface area (Å²) in [7, 11) is 2.18. The Bertz CT molecular complexity index is 420. The number of piperazine rings is 1. The third-order valence-corrected chi connectivity index (χ3v) is 4.02. The molecule has 0 aromatic heterocycles. The van der Waals surface area contributed by atoms with Crippen LogP contribution in [0.2, 0.25) is 5.02 Å². The number of hydrogen-bond donors (Lipinski definition) is 2. The molecule has 112 valence electrons. The molecule has 4 nitrogen and oxygen atoms in total. The van der Waals surface area contributed by atoms with E-state index in [2.05, 4.69) is 22.2 Å². The average molecular weight is 298 g/mol. The zero-order chi connectivity index (χ0) is 14.4. The summed E-state index contributed by atoms with van der Waals surface area (Å²) < 4.78 is 0. The number of rotatable bonds is 6. The second-order valence-corrected chi connectivity index (χ2v) is 5.88. The zero-order valence-corrected chi connectivity index (χ0v) is 12.9. The molecule has 1 aromatic rings. The monoisotopic (exact) mass is 297 g/mol. The van der Waals surface area contributed by atoms with E-state index in [0.717, 1.165) is 25.1 Å². The standard InChI is InChI=1S/C15H24ClN3O/c1-18-7-9-19(10-8-18)6-2-5-17-12-13-11-14(16)3-4-15(13)20/h3-4,11,17,20H,2,5-10,12H2,1H3. The third-order valence-electron chi connectivity index (χ3n) is 3.78. The van der Waals surface area contributed by atoms with Gasteiger partial charge >= 0.3 is 0 Å². The number of phenolic OH excluding ortho intramolecular Hbond substituents is 1. The van der Waals surface area contributed by atoms with Crippen molar-refractivity contribution < 1.29 is 5.11 Å². The molecule has 5 heteroatoms. The van der Waals surface area contributed by atoms with Gasteiger partial charge < -0.3 is 20.2 Å². The van der Waals surface area contributed by atoms with Gasteiger partial charge in [-0.2, -0.15) is 0 Å². The van der Waals surface area contributed by atoms with Crippen molar-refractivity contribution in [2.24, 2.45) is 0 Å². The smallest absolute Gasteiger partial charge is 0.120 e. The van der Waals surface area contributed by atoms with Crippen LogP contribution in [0.25, 0.3) is 0 Å². The van der Waals surface area contributed by atoms with Gasteiger partial charge in [-0.25, -0.2) is 0 Å². The quantitative estimate of drug-likeness (QED) is 0.785. The van der Waals surface area contributed by atoms with Gasteiger partial charge in [-0.05, 0) is 44.8 Å². The number of hydrogen-bond acceptors (Lipinski definition) is 4. The van der Waals surface area contributed by atoms with Crippen LogP contribution in [-0.2, 0) is 6.54 Å². The van der Waals surface area contributed by atoms with E-state index in [1.54, 1.807) is 12.1 Å². The Morgan fingerprint density at radius 2 is 2.00 bits per heavy atom. The minimum Gasteiger partial charge on any atom is -0.508 e. The Labute approximate surface area is 126 Å². The number of nitrogens with zero attached hydrogens (tertiary/aromatic N) is 2. The molecule has 1 fully saturated rings. The van der Waals surface area contributed by atoms with Crippen molar-refractivity contribution in [2.75, 3.05) is 46.3 Å². The van der Waals surface area contributed by atoms with Crippen LogP contribution >= 0.6 is 11.6 Å². The van der Waals surface area contributed by atoms with Crippen LogP contribution in [0.1, 0.15) is 12.0 Å². The molecule has 0 unspecified atom stereocenters. The van der Waals surface area contributed by atoms with E-state index in [4.69, 9.17) is 11.6 Å². The van der Waals surface area contributed by atoms with Crippen LogP contribution in [-0.4, -0.2) is 61.2 Å². The van der Waals surface area contributed by atoms with Crippen molar-refractivity contribution in [3.8, 4) is 5.75 Å². The Morgan fingerprint density at radius 1 is 1.25 bits per heavy atom. The number of likely N-dealkylation sites (N-methyl/N-ethyl adjacent to an activating group) is 1. The number of benzene rings is 1. The molecule has 0 aliphatic carbocycles. The normalized spacial score (nSPS) is 17.5. The van der Waals surface area contributed by atoms with Gasteiger partial charge in [-0.1, -0.05) is 11.6 Å². The van der Waals surface area contributed by atoms with Crippen LogP contribution in [0.15, 0.2) is 18.2 Å². The van der Waals surface area contributed by atoms with Crippen molar-refractivity contribution in [2.45, 2.75) is 13.0 Å². The van der Waals surface area contributed by atoms with Gasteiger partial charge in [0, 0.05) is 43.3 Å². The predicted molar refractivity (Wildman–Crippen MR) is 83.4 cm³/mol. The summed E-state index contributed by atoms with van der Waals surface area (Å²) in [5.74, 6) is 0.306. The fraction of sp³-hybridized carbons (Fsp3) is 0.600. The molecule has 0 radical (unpaired) electrons. The molecular formula is C15H24ClN3O. The van der Waals surface area contributed by atoms with E-state index in [9.17, 15) is 5.11 Å². The zero-order valence-electron chi connectivity index (χ0n) is 12.1. The molecule has 1 aliphatic heterocycles. The van der Waals surface area contributed by atoms with Crippen LogP contribution in [0.3, 0.4) is 0 Å². The molecule has 0 bridgehead atoms. The summed E-state index contributed by atoms with van der Waals surface area (Å²) in [5.41, 5.74) is 0.858. The van der Waals surface area contributed by atoms with Gasteiger partial charge in [0.1, 0.15) is 5.75 Å². The molecule has 1 aliphatic rings. The summed E-state index contributed by atoms with van der Waals surface area (Å²) in [5, 5.41) is 13.7. The van der Waals surface area contributed by atoms with Gasteiger partial charge in [0.05, 0.1) is 0 Å². The van der Waals surface area contributed by atoms with Crippen molar-refractivity contribution >= 4 is 11.6 Å². The molecule has 2 rings (SSSR count). The second-order valence-electron chi connectivity index (χ2n) is 5.45. The topological polar surface area (TPSA) is 38.7 Å². The lowest BCUT2D eigenvalue weighted by Gasteiger charge is -2.32. The third kappa shape index (κ3) is 4.94. The highest BCUT2D eigenvalue weighted by Crippen LogP contribution is 2.20. The summed E-state index contributed by atoms with van der Waals surface area (Å²) >= 11 is 5.92. The molecule has 2 N–H and O–H groups in total. The maximum Gasteiger partial charge on any atom is 0.120 e. The Balaban J connectivity index is 1.61. The predicted octanol–water partition coefficient (Wildman–Crippen LogP) is 1.77. The number of nitrogens with one attached hydrogen (secondary N) is 1. The van der Waals surface area contributed by atoms with Gasteiger partial charge in [-0.15, -0.1) is 0 Å². The fourth-order valence-electron chi connectivity index (χ4n) is 2.42. The van der Waals surface area contributed by atoms with Gasteiger partial charge in [0.15, 0.2) is 0 Å². The first-order valence-corrected chi connectivity index (χ1v) is 7.62. The van der Waals surface area contributed by atoms with E-state index in [-0.39, 0.29) is 0 Å². The number of halogens is 1. The maximum absolute atomic E-state index is 9.71. The van der Waals surface area contributed by atoms with E-state index in [1.165, 1.54) is 26.2 Å². The SMILES string of the molecule is CN1CCN(CCCNCc2cc(Cl)ccc2O)CC1. The fourth-order valence-corrected chi connectivity index (χ4v) is 2.61. The molecule has 1 aromatic carbocycles. The van der Waals surface area contributed by atoms with Crippen LogP contribution in [0, 0.1) is 0 Å². The van der Waals surface area contributed by atoms with E-state index >= 15 is 0 Å². The second kappa shape index (κ2) is 7.84. The molecule has 0 spiro atoms. The molecular weight excluding hydrogens is 274 g/mol. The number of phenols is 1. The molecule has 0 saturated carbocycles. The molecule has 0 amide bonds. The molecule has 20 heavy (non-hydrogen) atoms. The van der Waals surface area contributed by atoms with Crippen LogP contribution in [0.5, 0.6) is 5.75 Å². The minimum atomic E-state index is 0.306. The minimum absolute atomic E-state index is 0.306. The van der Waals surface area contributed by atoms with Crippen molar-refractivity contribution in [1.29, 1.82) is 0 Å². The highest BCUT2D eigenvalue weighted by molar-refractivity contribution is 6.30. The summed E-state index contributed by atoms with van der Waals surface area (Å²) in [6.45, 7) is 7.45.